The SMILES string of the molecule is CCCCCCCOC(=O)Oc1c2ccccc2cc2ccc(C)cc12. The maximum absolute atomic E-state index is 12.2. The number of benzene rings is 3. The Bertz CT molecular complexity index is 898. The van der Waals surface area contributed by atoms with Crippen LogP contribution in [-0.2, 0) is 4.74 Å². The molecule has 0 spiro atoms. The first-order valence-electron chi connectivity index (χ1n) is 9.46. The predicted octanol–water partition coefficient (Wildman–Crippen LogP) is 6.79. The first-order chi connectivity index (χ1) is 12.7. The molecule has 3 aromatic carbocycles. The number of carbonyl (C=O) groups is 1. The Hall–Kier alpha value is -2.55. The van der Waals surface area contributed by atoms with Crippen LogP contribution in [0.1, 0.15) is 44.6 Å². The maximum Gasteiger partial charge on any atom is 0.513 e. The van der Waals surface area contributed by atoms with Gasteiger partial charge in [0.15, 0.2) is 0 Å². The van der Waals surface area contributed by atoms with Crippen molar-refractivity contribution in [3.63, 3.8) is 0 Å². The lowest BCUT2D eigenvalue weighted by Gasteiger charge is -2.12. The number of hydrogen-bond acceptors (Lipinski definition) is 3. The zero-order valence-corrected chi connectivity index (χ0v) is 15.6. The molecule has 0 bridgehead atoms. The van der Waals surface area contributed by atoms with E-state index < -0.39 is 6.16 Å². The second-order valence-electron chi connectivity index (χ2n) is 6.77. The average molecular weight is 350 g/mol. The van der Waals surface area contributed by atoms with Crippen molar-refractivity contribution in [1.82, 2.24) is 0 Å². The first-order valence-corrected chi connectivity index (χ1v) is 9.46. The molecule has 0 N–H and O–H groups in total. The first kappa shape index (κ1) is 18.2. The highest BCUT2D eigenvalue weighted by Gasteiger charge is 2.14. The van der Waals surface area contributed by atoms with Crippen LogP contribution in [0.5, 0.6) is 5.75 Å². The van der Waals surface area contributed by atoms with Gasteiger partial charge in [0.05, 0.1) is 6.61 Å². The molecule has 0 atom stereocenters. The Morgan fingerprint density at radius 1 is 0.885 bits per heavy atom. The lowest BCUT2D eigenvalue weighted by molar-refractivity contribution is 0.0982. The third-order valence-corrected chi connectivity index (χ3v) is 4.62. The van der Waals surface area contributed by atoms with E-state index in [1.165, 1.54) is 19.3 Å². The van der Waals surface area contributed by atoms with Gasteiger partial charge in [-0.15, -0.1) is 0 Å². The third kappa shape index (κ3) is 4.34. The Morgan fingerprint density at radius 3 is 2.50 bits per heavy atom. The Labute approximate surface area is 154 Å². The van der Waals surface area contributed by atoms with Crippen molar-refractivity contribution in [1.29, 1.82) is 0 Å². The summed E-state index contributed by atoms with van der Waals surface area (Å²) in [5.41, 5.74) is 1.13. The molecular weight excluding hydrogens is 324 g/mol. The highest BCUT2D eigenvalue weighted by Crippen LogP contribution is 2.35. The summed E-state index contributed by atoms with van der Waals surface area (Å²) in [5, 5.41) is 3.96. The normalized spacial score (nSPS) is 11.0. The maximum atomic E-state index is 12.2. The number of hydrogen-bond donors (Lipinski definition) is 0. The van der Waals surface area contributed by atoms with Gasteiger partial charge in [-0.25, -0.2) is 4.79 Å². The average Bonchev–Trinajstić information content (AvgIpc) is 2.65. The number of unbranched alkanes of at least 4 members (excludes halogenated alkanes) is 4. The Kier molecular flexibility index (Phi) is 6.11. The van der Waals surface area contributed by atoms with Crippen molar-refractivity contribution < 1.29 is 14.3 Å². The molecular formula is C23H26O3. The molecule has 0 aromatic heterocycles. The van der Waals surface area contributed by atoms with Crippen LogP contribution in [0, 0.1) is 6.92 Å². The highest BCUT2D eigenvalue weighted by molar-refractivity contribution is 6.06. The number of carbonyl (C=O) groups excluding carboxylic acids is 1. The number of rotatable bonds is 7. The lowest BCUT2D eigenvalue weighted by Crippen LogP contribution is -2.12. The van der Waals surface area contributed by atoms with Crippen LogP contribution in [0.2, 0.25) is 0 Å². The van der Waals surface area contributed by atoms with Crippen LogP contribution in [-0.4, -0.2) is 12.8 Å². The summed E-state index contributed by atoms with van der Waals surface area (Å²) < 4.78 is 11.0. The van der Waals surface area contributed by atoms with E-state index in [9.17, 15) is 4.79 Å². The highest BCUT2D eigenvalue weighted by atomic mass is 16.7. The fourth-order valence-electron chi connectivity index (χ4n) is 3.22. The van der Waals surface area contributed by atoms with E-state index in [2.05, 4.69) is 31.2 Å². The van der Waals surface area contributed by atoms with Gasteiger partial charge in [-0.3, -0.25) is 0 Å². The standard InChI is InChI=1S/C23H26O3/c1-3-4-5-6-9-14-25-23(24)26-22-20-11-8-7-10-18(20)16-19-13-12-17(2)15-21(19)22/h7-8,10-13,15-16H,3-6,9,14H2,1-2H3. The van der Waals surface area contributed by atoms with Crippen LogP contribution in [0.4, 0.5) is 4.79 Å². The number of fused-ring (bicyclic) bond motifs is 2. The predicted molar refractivity (Wildman–Crippen MR) is 107 cm³/mol. The number of aryl methyl sites for hydroxylation is 1. The molecule has 0 aliphatic rings. The molecule has 0 radical (unpaired) electrons. The van der Waals surface area contributed by atoms with Gasteiger partial charge in [-0.05, 0) is 36.2 Å². The summed E-state index contributed by atoms with van der Waals surface area (Å²) in [6.45, 7) is 4.63. The van der Waals surface area contributed by atoms with E-state index >= 15 is 0 Å². The summed E-state index contributed by atoms with van der Waals surface area (Å²) in [7, 11) is 0. The van der Waals surface area contributed by atoms with E-state index in [4.69, 9.17) is 9.47 Å². The second-order valence-corrected chi connectivity index (χ2v) is 6.77. The quantitative estimate of drug-likeness (QED) is 0.204. The molecule has 0 heterocycles. The van der Waals surface area contributed by atoms with Gasteiger partial charge in [0.25, 0.3) is 0 Å². The summed E-state index contributed by atoms with van der Waals surface area (Å²) in [6.07, 6.45) is 4.95. The zero-order chi connectivity index (χ0) is 18.4. The van der Waals surface area contributed by atoms with E-state index in [-0.39, 0.29) is 0 Å². The molecule has 3 rings (SSSR count). The fraction of sp³-hybridized carbons (Fsp3) is 0.348. The van der Waals surface area contributed by atoms with Crippen molar-refractivity contribution in [3.05, 3.63) is 54.1 Å². The summed E-state index contributed by atoms with van der Waals surface area (Å²) in [6, 6.07) is 16.2. The minimum absolute atomic E-state index is 0.407. The van der Waals surface area contributed by atoms with Gasteiger partial charge in [0.2, 0.25) is 0 Å². The smallest absolute Gasteiger partial charge is 0.434 e. The second kappa shape index (κ2) is 8.70. The van der Waals surface area contributed by atoms with Crippen LogP contribution < -0.4 is 4.74 Å². The van der Waals surface area contributed by atoms with Gasteiger partial charge in [0, 0.05) is 10.8 Å². The molecule has 3 aromatic rings. The molecule has 3 heteroatoms. The van der Waals surface area contributed by atoms with Crippen LogP contribution in [0.3, 0.4) is 0 Å². The van der Waals surface area contributed by atoms with Crippen LogP contribution in [0.25, 0.3) is 21.5 Å². The largest absolute Gasteiger partial charge is 0.513 e. The molecule has 0 unspecified atom stereocenters. The molecule has 0 saturated carbocycles. The van der Waals surface area contributed by atoms with E-state index in [1.54, 1.807) is 0 Å². The topological polar surface area (TPSA) is 35.5 Å². The third-order valence-electron chi connectivity index (χ3n) is 4.62. The van der Waals surface area contributed by atoms with E-state index in [1.807, 2.05) is 31.2 Å². The molecule has 0 aliphatic carbocycles. The van der Waals surface area contributed by atoms with Crippen molar-refractivity contribution in [2.24, 2.45) is 0 Å². The van der Waals surface area contributed by atoms with E-state index in [0.29, 0.717) is 12.4 Å². The lowest BCUT2D eigenvalue weighted by atomic mass is 10.0. The molecule has 0 aliphatic heterocycles. The Morgan fingerprint density at radius 2 is 1.65 bits per heavy atom. The molecule has 3 nitrogen and oxygen atoms in total. The molecule has 26 heavy (non-hydrogen) atoms. The van der Waals surface area contributed by atoms with Crippen molar-refractivity contribution >= 4 is 27.7 Å². The zero-order valence-electron chi connectivity index (χ0n) is 15.6. The van der Waals surface area contributed by atoms with Crippen molar-refractivity contribution in [2.45, 2.75) is 46.0 Å². The van der Waals surface area contributed by atoms with Crippen molar-refractivity contribution in [3.8, 4) is 5.75 Å². The van der Waals surface area contributed by atoms with Crippen LogP contribution >= 0.6 is 0 Å². The minimum atomic E-state index is -0.625. The van der Waals surface area contributed by atoms with Gasteiger partial charge < -0.3 is 9.47 Å². The number of ether oxygens (including phenoxy) is 2. The molecule has 136 valence electrons. The van der Waals surface area contributed by atoms with E-state index in [0.717, 1.165) is 39.9 Å². The molecule has 0 fully saturated rings. The Balaban J connectivity index is 1.79. The van der Waals surface area contributed by atoms with Gasteiger partial charge in [-0.1, -0.05) is 74.6 Å². The van der Waals surface area contributed by atoms with Gasteiger partial charge >= 0.3 is 6.16 Å². The van der Waals surface area contributed by atoms with Gasteiger partial charge in [0.1, 0.15) is 5.75 Å². The summed E-state index contributed by atoms with van der Waals surface area (Å²) in [5.74, 6) is 0.581. The summed E-state index contributed by atoms with van der Waals surface area (Å²) in [4.78, 5) is 12.2. The summed E-state index contributed by atoms with van der Waals surface area (Å²) >= 11 is 0. The fourth-order valence-corrected chi connectivity index (χ4v) is 3.22. The molecule has 0 saturated heterocycles. The monoisotopic (exact) mass is 350 g/mol. The minimum Gasteiger partial charge on any atom is -0.434 e. The van der Waals surface area contributed by atoms with Gasteiger partial charge in [-0.2, -0.15) is 0 Å². The van der Waals surface area contributed by atoms with Crippen molar-refractivity contribution in [2.75, 3.05) is 6.61 Å². The molecule has 0 amide bonds. The van der Waals surface area contributed by atoms with Crippen LogP contribution in [0.15, 0.2) is 48.5 Å².